The number of carbonyl (C=O) groups is 2. The predicted molar refractivity (Wildman–Crippen MR) is 168 cm³/mol. The number of piperazine rings is 1. The van der Waals surface area contributed by atoms with Crippen molar-refractivity contribution < 1.29 is 18.4 Å². The van der Waals surface area contributed by atoms with Crippen LogP contribution in [0.2, 0.25) is 0 Å². The lowest BCUT2D eigenvalue weighted by Gasteiger charge is -2.35. The molecule has 44 heavy (non-hydrogen) atoms. The number of aliphatic imine (C=N–C) groups is 1. The standard InChI is InChI=1S/C35H33F2N5O2/c1-2-40-17-19-41(20-18-40)23-33(43)42-31-6-4-3-5-29(31)34(25-9-14-28(37)15-10-25)39-30-21-26(11-16-32(30)42)35(44)38-22-24-7-12-27(36)13-8-24/h3-16,21H,2,17-20,22-23H2,1H3,(H,38,44). The fourth-order valence-electron chi connectivity index (χ4n) is 5.63. The second-order valence-corrected chi connectivity index (χ2v) is 10.9. The van der Waals surface area contributed by atoms with Gasteiger partial charge in [0.25, 0.3) is 5.91 Å². The molecule has 4 aromatic carbocycles. The van der Waals surface area contributed by atoms with Crippen LogP contribution in [0.5, 0.6) is 0 Å². The van der Waals surface area contributed by atoms with Gasteiger partial charge in [0.1, 0.15) is 11.6 Å². The highest BCUT2D eigenvalue weighted by molar-refractivity contribution is 6.21. The Morgan fingerprint density at radius 1 is 0.795 bits per heavy atom. The first-order chi connectivity index (χ1) is 21.4. The van der Waals surface area contributed by atoms with Gasteiger partial charge in [-0.3, -0.25) is 19.4 Å². The van der Waals surface area contributed by atoms with Crippen LogP contribution in [0.15, 0.2) is 96.0 Å². The summed E-state index contributed by atoms with van der Waals surface area (Å²) < 4.78 is 27.2. The Bertz CT molecular complexity index is 1700. The molecule has 4 aromatic rings. The van der Waals surface area contributed by atoms with Gasteiger partial charge in [-0.1, -0.05) is 37.3 Å². The van der Waals surface area contributed by atoms with Crippen molar-refractivity contribution in [3.63, 3.8) is 0 Å². The zero-order chi connectivity index (χ0) is 30.6. The summed E-state index contributed by atoms with van der Waals surface area (Å²) in [6.07, 6.45) is 0. The second kappa shape index (κ2) is 12.9. The van der Waals surface area contributed by atoms with Gasteiger partial charge in [0.05, 0.1) is 29.3 Å². The van der Waals surface area contributed by atoms with Crippen molar-refractivity contribution in [3.05, 3.63) is 125 Å². The first-order valence-corrected chi connectivity index (χ1v) is 14.8. The maximum absolute atomic E-state index is 14.1. The Labute approximate surface area is 255 Å². The lowest BCUT2D eigenvalue weighted by atomic mass is 10.00. The molecule has 2 amide bonds. The quantitative estimate of drug-likeness (QED) is 0.300. The first-order valence-electron chi connectivity index (χ1n) is 14.8. The molecular weight excluding hydrogens is 560 g/mol. The summed E-state index contributed by atoms with van der Waals surface area (Å²) in [7, 11) is 0. The van der Waals surface area contributed by atoms with Gasteiger partial charge in [-0.2, -0.15) is 0 Å². The van der Waals surface area contributed by atoms with E-state index in [1.807, 2.05) is 24.3 Å². The molecule has 1 fully saturated rings. The van der Waals surface area contributed by atoms with Crippen LogP contribution in [-0.2, 0) is 11.3 Å². The van der Waals surface area contributed by atoms with Crippen molar-refractivity contribution in [1.82, 2.24) is 15.1 Å². The Kier molecular flexibility index (Phi) is 8.58. The summed E-state index contributed by atoms with van der Waals surface area (Å²) in [6, 6.07) is 24.7. The molecule has 2 aliphatic heterocycles. The van der Waals surface area contributed by atoms with Crippen molar-refractivity contribution in [1.29, 1.82) is 0 Å². The SMILES string of the molecule is CCN1CCN(CC(=O)N2c3ccc(C(=O)NCc4ccc(F)cc4)cc3N=C(c3ccc(F)cc3)c3ccccc32)CC1. The topological polar surface area (TPSA) is 68.2 Å². The summed E-state index contributed by atoms with van der Waals surface area (Å²) in [5.74, 6) is -1.14. The molecule has 0 saturated carbocycles. The minimum Gasteiger partial charge on any atom is -0.348 e. The van der Waals surface area contributed by atoms with Crippen LogP contribution < -0.4 is 10.2 Å². The van der Waals surface area contributed by atoms with E-state index in [2.05, 4.69) is 22.0 Å². The molecule has 0 unspecified atom stereocenters. The van der Waals surface area contributed by atoms with Gasteiger partial charge >= 0.3 is 0 Å². The molecule has 0 spiro atoms. The average Bonchev–Trinajstić information content (AvgIpc) is 3.19. The van der Waals surface area contributed by atoms with E-state index in [1.54, 1.807) is 47.4 Å². The molecule has 2 heterocycles. The number of para-hydroxylation sites is 1. The molecule has 0 aliphatic carbocycles. The summed E-state index contributed by atoms with van der Waals surface area (Å²) >= 11 is 0. The van der Waals surface area contributed by atoms with Crippen LogP contribution in [0.4, 0.5) is 25.8 Å². The van der Waals surface area contributed by atoms with E-state index in [0.29, 0.717) is 33.9 Å². The number of nitrogens with zero attached hydrogens (tertiary/aromatic N) is 4. The summed E-state index contributed by atoms with van der Waals surface area (Å²) in [6.45, 7) is 6.99. The number of amides is 2. The molecule has 9 heteroatoms. The Balaban J connectivity index is 1.38. The largest absolute Gasteiger partial charge is 0.348 e. The Morgan fingerprint density at radius 2 is 1.45 bits per heavy atom. The number of anilines is 2. The predicted octanol–water partition coefficient (Wildman–Crippen LogP) is 5.68. The van der Waals surface area contributed by atoms with E-state index in [9.17, 15) is 18.4 Å². The fourth-order valence-corrected chi connectivity index (χ4v) is 5.63. The molecule has 0 atom stereocenters. The van der Waals surface area contributed by atoms with E-state index >= 15 is 0 Å². The molecule has 0 bridgehead atoms. The summed E-state index contributed by atoms with van der Waals surface area (Å²) in [4.78, 5) is 38.6. The highest BCUT2D eigenvalue weighted by Crippen LogP contribution is 2.41. The number of likely N-dealkylation sites (N-methyl/N-ethyl adjacent to an activating group) is 1. The van der Waals surface area contributed by atoms with Crippen LogP contribution >= 0.6 is 0 Å². The van der Waals surface area contributed by atoms with Gasteiger partial charge in [-0.25, -0.2) is 13.8 Å². The molecule has 0 aromatic heterocycles. The van der Waals surface area contributed by atoms with Crippen LogP contribution in [-0.4, -0.2) is 66.6 Å². The zero-order valence-electron chi connectivity index (χ0n) is 24.5. The number of rotatable bonds is 7. The van der Waals surface area contributed by atoms with Crippen LogP contribution in [0, 0.1) is 11.6 Å². The number of hydrogen-bond donors (Lipinski definition) is 1. The number of benzene rings is 4. The third-order valence-corrected chi connectivity index (χ3v) is 8.12. The van der Waals surface area contributed by atoms with E-state index in [0.717, 1.165) is 43.9 Å². The van der Waals surface area contributed by atoms with Crippen molar-refractivity contribution >= 4 is 34.6 Å². The van der Waals surface area contributed by atoms with Crippen molar-refractivity contribution in [2.45, 2.75) is 13.5 Å². The molecule has 0 radical (unpaired) electrons. The molecule has 224 valence electrons. The fraction of sp³-hybridized carbons (Fsp3) is 0.229. The maximum atomic E-state index is 14.1. The van der Waals surface area contributed by atoms with Gasteiger partial charge in [0.2, 0.25) is 5.91 Å². The molecule has 1 N–H and O–H groups in total. The number of hydrogen-bond acceptors (Lipinski definition) is 5. The minimum absolute atomic E-state index is 0.104. The molecule has 6 rings (SSSR count). The molecule has 7 nitrogen and oxygen atoms in total. The van der Waals surface area contributed by atoms with Gasteiger partial charge in [-0.05, 0) is 72.8 Å². The number of carbonyl (C=O) groups excluding carboxylic acids is 2. The average molecular weight is 594 g/mol. The van der Waals surface area contributed by atoms with E-state index < -0.39 is 0 Å². The molecule has 2 aliphatic rings. The molecular formula is C35H33F2N5O2. The maximum Gasteiger partial charge on any atom is 0.251 e. The molecule has 1 saturated heterocycles. The summed E-state index contributed by atoms with van der Waals surface area (Å²) in [5, 5.41) is 2.88. The third-order valence-electron chi connectivity index (χ3n) is 8.12. The van der Waals surface area contributed by atoms with Gasteiger partial charge in [-0.15, -0.1) is 0 Å². The van der Waals surface area contributed by atoms with Crippen LogP contribution in [0.1, 0.15) is 34.0 Å². The first kappa shape index (κ1) is 29.3. The lowest BCUT2D eigenvalue weighted by Crippen LogP contribution is -2.49. The summed E-state index contributed by atoms with van der Waals surface area (Å²) in [5.41, 5.74) is 4.77. The van der Waals surface area contributed by atoms with E-state index in [-0.39, 0.29) is 36.5 Å². The van der Waals surface area contributed by atoms with E-state index in [4.69, 9.17) is 4.99 Å². The van der Waals surface area contributed by atoms with Crippen LogP contribution in [0.25, 0.3) is 0 Å². The van der Waals surface area contributed by atoms with E-state index in [1.165, 1.54) is 24.3 Å². The smallest absolute Gasteiger partial charge is 0.251 e. The third kappa shape index (κ3) is 6.29. The Hall–Kier alpha value is -4.73. The van der Waals surface area contributed by atoms with Crippen molar-refractivity contribution in [2.24, 2.45) is 4.99 Å². The number of halogens is 2. The van der Waals surface area contributed by atoms with Crippen molar-refractivity contribution in [3.8, 4) is 0 Å². The van der Waals surface area contributed by atoms with Gasteiger partial charge < -0.3 is 10.2 Å². The zero-order valence-corrected chi connectivity index (χ0v) is 24.5. The number of nitrogens with one attached hydrogen (secondary N) is 1. The lowest BCUT2D eigenvalue weighted by molar-refractivity contribution is -0.119. The van der Waals surface area contributed by atoms with Gasteiger partial charge in [0.15, 0.2) is 0 Å². The second-order valence-electron chi connectivity index (χ2n) is 10.9. The minimum atomic E-state index is -0.364. The van der Waals surface area contributed by atoms with Gasteiger partial charge in [0, 0.05) is 49.4 Å². The Morgan fingerprint density at radius 3 is 2.16 bits per heavy atom. The normalized spacial score (nSPS) is 15.2. The van der Waals surface area contributed by atoms with Crippen LogP contribution in [0.3, 0.4) is 0 Å². The highest BCUT2D eigenvalue weighted by atomic mass is 19.1. The number of fused-ring (bicyclic) bond motifs is 2. The monoisotopic (exact) mass is 593 g/mol. The highest BCUT2D eigenvalue weighted by Gasteiger charge is 2.30. The van der Waals surface area contributed by atoms with Crippen molar-refractivity contribution in [2.75, 3.05) is 44.2 Å².